The predicted octanol–water partition coefficient (Wildman–Crippen LogP) is 6.56. The fraction of sp³-hybridized carbons (Fsp3) is 0.100. The highest BCUT2D eigenvalue weighted by Crippen LogP contribution is 3.02. The molecular formula is C10H4ClF8NS. The Hall–Kier alpha value is -1.29. The Morgan fingerprint density at radius 3 is 2.05 bits per heavy atom. The van der Waals surface area contributed by atoms with Crippen molar-refractivity contribution < 1.29 is 32.6 Å². The van der Waals surface area contributed by atoms with Gasteiger partial charge in [-0.25, -0.2) is 4.98 Å². The number of fused-ring (bicyclic) bond motifs is 1. The fourth-order valence-electron chi connectivity index (χ4n) is 1.64. The van der Waals surface area contributed by atoms with Crippen molar-refractivity contribution in [3.8, 4) is 0 Å². The van der Waals surface area contributed by atoms with E-state index in [0.29, 0.717) is 6.07 Å². The lowest BCUT2D eigenvalue weighted by atomic mass is 10.2. The molecule has 0 saturated heterocycles. The number of rotatable bonds is 1. The highest BCUT2D eigenvalue weighted by molar-refractivity contribution is 8.46. The van der Waals surface area contributed by atoms with Crippen LogP contribution in [-0.4, -0.2) is 4.98 Å². The zero-order valence-electron chi connectivity index (χ0n) is 9.57. The van der Waals surface area contributed by atoms with Gasteiger partial charge in [0, 0.05) is 5.39 Å². The monoisotopic (exact) mass is 357 g/mol. The predicted molar refractivity (Wildman–Crippen MR) is 63.2 cm³/mol. The third kappa shape index (κ3) is 3.15. The number of aromatic nitrogens is 1. The Balaban J connectivity index is 2.98. The second-order valence-corrected chi connectivity index (χ2v) is 6.89. The number of para-hydroxylation sites is 1. The first-order chi connectivity index (χ1) is 9.09. The molecule has 0 fully saturated rings. The zero-order chi connectivity index (χ0) is 16.3. The summed E-state index contributed by atoms with van der Waals surface area (Å²) in [5.41, 5.74) is -3.31. The standard InChI is InChI=1S/C10H4ClF8NS/c11-6-4-8(10(12,13)14)20-9-5(6)2-1-3-7(9)21(15,16,17,18)19/h1-4H. The second-order valence-electron chi connectivity index (χ2n) is 4.11. The van der Waals surface area contributed by atoms with Gasteiger partial charge >= 0.3 is 16.4 Å². The molecule has 1 aromatic carbocycles. The summed E-state index contributed by atoms with van der Waals surface area (Å²) in [4.78, 5) is 0.185. The molecule has 0 radical (unpaired) electrons. The van der Waals surface area contributed by atoms with Crippen LogP contribution >= 0.6 is 21.8 Å². The van der Waals surface area contributed by atoms with Crippen molar-refractivity contribution in [2.75, 3.05) is 0 Å². The molecule has 1 nitrogen and oxygen atoms in total. The smallest absolute Gasteiger partial charge is 0.242 e. The van der Waals surface area contributed by atoms with Crippen LogP contribution in [0.1, 0.15) is 5.69 Å². The van der Waals surface area contributed by atoms with Gasteiger partial charge in [0.2, 0.25) is 0 Å². The molecular weight excluding hydrogens is 354 g/mol. The van der Waals surface area contributed by atoms with Crippen molar-refractivity contribution in [1.29, 1.82) is 0 Å². The molecule has 118 valence electrons. The van der Waals surface area contributed by atoms with Crippen LogP contribution in [0.5, 0.6) is 0 Å². The summed E-state index contributed by atoms with van der Waals surface area (Å²) in [5, 5.41) is -1.40. The molecule has 0 aliphatic rings. The largest absolute Gasteiger partial charge is 0.433 e. The molecule has 21 heavy (non-hydrogen) atoms. The van der Waals surface area contributed by atoms with Crippen LogP contribution in [-0.2, 0) is 6.18 Å². The topological polar surface area (TPSA) is 12.9 Å². The number of alkyl halides is 3. The molecule has 0 saturated carbocycles. The van der Waals surface area contributed by atoms with E-state index in [1.54, 1.807) is 0 Å². The van der Waals surface area contributed by atoms with Gasteiger partial charge < -0.3 is 0 Å². The number of halogens is 9. The lowest BCUT2D eigenvalue weighted by molar-refractivity contribution is -0.141. The quantitative estimate of drug-likeness (QED) is 0.526. The molecule has 11 heteroatoms. The first-order valence-electron chi connectivity index (χ1n) is 5.00. The third-order valence-corrected chi connectivity index (χ3v) is 3.93. The van der Waals surface area contributed by atoms with E-state index in [4.69, 9.17) is 11.6 Å². The second kappa shape index (κ2) is 3.72. The number of benzene rings is 1. The summed E-state index contributed by atoms with van der Waals surface area (Å²) in [6.45, 7) is 0. The minimum absolute atomic E-state index is 0.0205. The van der Waals surface area contributed by atoms with Crippen LogP contribution in [0.3, 0.4) is 0 Å². The normalized spacial score (nSPS) is 16.6. The van der Waals surface area contributed by atoms with E-state index in [1.165, 1.54) is 0 Å². The van der Waals surface area contributed by atoms with Gasteiger partial charge in [-0.2, -0.15) is 13.2 Å². The van der Waals surface area contributed by atoms with E-state index in [-0.39, 0.29) is 12.1 Å². The highest BCUT2D eigenvalue weighted by atomic mass is 35.5. The summed E-state index contributed by atoms with van der Waals surface area (Å²) < 4.78 is 102. The molecule has 0 bridgehead atoms. The van der Waals surface area contributed by atoms with E-state index in [9.17, 15) is 32.6 Å². The molecule has 0 spiro atoms. The average molecular weight is 358 g/mol. The van der Waals surface area contributed by atoms with Crippen molar-refractivity contribution in [3.63, 3.8) is 0 Å². The van der Waals surface area contributed by atoms with Crippen LogP contribution in [0.4, 0.5) is 32.6 Å². The van der Waals surface area contributed by atoms with Gasteiger partial charge in [-0.1, -0.05) is 43.2 Å². The fourth-order valence-corrected chi connectivity index (χ4v) is 2.75. The minimum Gasteiger partial charge on any atom is -0.242 e. The number of pyridine rings is 1. The highest BCUT2D eigenvalue weighted by Gasteiger charge is 2.66. The number of hydrogen-bond donors (Lipinski definition) is 0. The van der Waals surface area contributed by atoms with E-state index in [0.717, 1.165) is 6.07 Å². The first kappa shape index (κ1) is 16.1. The van der Waals surface area contributed by atoms with Gasteiger partial charge in [0.05, 0.1) is 10.5 Å². The third-order valence-electron chi connectivity index (χ3n) is 2.46. The van der Waals surface area contributed by atoms with Crippen molar-refractivity contribution >= 4 is 32.7 Å². The Morgan fingerprint density at radius 2 is 1.57 bits per heavy atom. The van der Waals surface area contributed by atoms with E-state index >= 15 is 0 Å². The molecule has 2 aromatic rings. The Morgan fingerprint density at radius 1 is 1.00 bits per heavy atom. The number of nitrogens with zero attached hydrogens (tertiary/aromatic N) is 1. The van der Waals surface area contributed by atoms with Crippen LogP contribution in [0.15, 0.2) is 29.2 Å². The van der Waals surface area contributed by atoms with Gasteiger partial charge in [0.25, 0.3) is 0 Å². The first-order valence-corrected chi connectivity index (χ1v) is 7.33. The van der Waals surface area contributed by atoms with Gasteiger partial charge in [-0.3, -0.25) is 0 Å². The average Bonchev–Trinajstić information content (AvgIpc) is 2.23. The van der Waals surface area contributed by atoms with Crippen molar-refractivity contribution in [2.45, 2.75) is 11.1 Å². The molecule has 0 aliphatic carbocycles. The number of hydrogen-bond acceptors (Lipinski definition) is 1. The molecule has 0 unspecified atom stereocenters. The van der Waals surface area contributed by atoms with Gasteiger partial charge in [-0.05, 0) is 12.1 Å². The Kier molecular flexibility index (Phi) is 2.85. The van der Waals surface area contributed by atoms with Crippen molar-refractivity contribution in [2.24, 2.45) is 0 Å². The Bertz CT molecular complexity index is 737. The van der Waals surface area contributed by atoms with Gasteiger partial charge in [0.1, 0.15) is 10.6 Å². The maximum absolute atomic E-state index is 12.9. The molecule has 0 amide bonds. The summed E-state index contributed by atoms with van der Waals surface area (Å²) >= 11 is 5.44. The molecule has 1 aromatic heterocycles. The van der Waals surface area contributed by atoms with Gasteiger partial charge in [0.15, 0.2) is 0 Å². The lowest BCUT2D eigenvalue weighted by Crippen LogP contribution is -2.11. The van der Waals surface area contributed by atoms with Gasteiger partial charge in [-0.15, -0.1) is 0 Å². The molecule has 0 N–H and O–H groups in total. The molecule has 0 aliphatic heterocycles. The van der Waals surface area contributed by atoms with E-state index < -0.39 is 42.9 Å². The summed E-state index contributed by atoms with van der Waals surface area (Å²) in [5.74, 6) is 0. The van der Waals surface area contributed by atoms with Crippen LogP contribution in [0, 0.1) is 0 Å². The molecule has 1 heterocycles. The molecule has 2 rings (SSSR count). The van der Waals surface area contributed by atoms with Crippen LogP contribution < -0.4 is 0 Å². The lowest BCUT2D eigenvalue weighted by Gasteiger charge is -2.40. The summed E-state index contributed by atoms with van der Waals surface area (Å²) in [6.07, 6.45) is -5.12. The summed E-state index contributed by atoms with van der Waals surface area (Å²) in [6, 6.07) is 1.75. The van der Waals surface area contributed by atoms with E-state index in [1.807, 2.05) is 0 Å². The Labute approximate surface area is 117 Å². The maximum atomic E-state index is 12.9. The van der Waals surface area contributed by atoms with Crippen molar-refractivity contribution in [3.05, 3.63) is 35.0 Å². The SMILES string of the molecule is FC(F)(F)c1cc(Cl)c2cccc(S(F)(F)(F)(F)F)c2n1. The molecule has 0 atom stereocenters. The van der Waals surface area contributed by atoms with E-state index in [2.05, 4.69) is 4.98 Å². The van der Waals surface area contributed by atoms with Crippen molar-refractivity contribution in [1.82, 2.24) is 4.98 Å². The van der Waals surface area contributed by atoms with Crippen LogP contribution in [0.2, 0.25) is 5.02 Å². The summed E-state index contributed by atoms with van der Waals surface area (Å²) in [7, 11) is -10.2. The minimum atomic E-state index is -10.2. The zero-order valence-corrected chi connectivity index (χ0v) is 11.1. The van der Waals surface area contributed by atoms with Crippen LogP contribution in [0.25, 0.3) is 10.9 Å². The maximum Gasteiger partial charge on any atom is 0.433 e.